The Morgan fingerprint density at radius 1 is 1.24 bits per heavy atom. The van der Waals surface area contributed by atoms with E-state index in [2.05, 4.69) is 5.32 Å². The number of nitrogens with zero attached hydrogens (tertiary/aromatic N) is 2. The number of oxazole rings is 1. The smallest absolute Gasteiger partial charge is 0.408 e. The van der Waals surface area contributed by atoms with Crippen molar-refractivity contribution in [3.05, 3.63) is 28.7 Å². The van der Waals surface area contributed by atoms with E-state index in [-0.39, 0.29) is 22.9 Å². The van der Waals surface area contributed by atoms with E-state index in [1.165, 1.54) is 27.1 Å². The van der Waals surface area contributed by atoms with Crippen LogP contribution in [-0.2, 0) is 21.4 Å². The lowest BCUT2D eigenvalue weighted by Crippen LogP contribution is -2.42. The van der Waals surface area contributed by atoms with Gasteiger partial charge in [-0.3, -0.25) is 9.36 Å². The second-order valence-electron chi connectivity index (χ2n) is 8.06. The Kier molecular flexibility index (Phi) is 6.48. The number of hydrogen-bond acceptors (Lipinski definition) is 5. The average Bonchev–Trinajstić information content (AvgIpc) is 2.95. The number of aromatic nitrogens is 1. The number of carbonyl (C=O) groups excluding carboxylic acids is 1. The Morgan fingerprint density at radius 2 is 1.93 bits per heavy atom. The number of unbranched alkanes of at least 4 members (excludes halogenated alkanes) is 1. The van der Waals surface area contributed by atoms with E-state index in [1.54, 1.807) is 0 Å². The van der Waals surface area contributed by atoms with E-state index >= 15 is 0 Å². The zero-order chi connectivity index (χ0) is 21.2. The molecule has 2 heterocycles. The van der Waals surface area contributed by atoms with Crippen LogP contribution in [0.4, 0.5) is 0 Å². The lowest BCUT2D eigenvalue weighted by molar-refractivity contribution is -0.121. The third-order valence-electron chi connectivity index (χ3n) is 5.27. The molecule has 1 N–H and O–H groups in total. The summed E-state index contributed by atoms with van der Waals surface area (Å²) in [5, 5.41) is 2.76. The number of piperidine rings is 1. The van der Waals surface area contributed by atoms with Crippen LogP contribution in [0.15, 0.2) is 32.3 Å². The molecule has 0 aliphatic carbocycles. The first-order valence-corrected chi connectivity index (χ1v) is 11.6. The van der Waals surface area contributed by atoms with E-state index < -0.39 is 15.8 Å². The van der Waals surface area contributed by atoms with Crippen molar-refractivity contribution in [2.45, 2.75) is 51.5 Å². The molecule has 0 saturated carbocycles. The molecule has 2 aromatic rings. The fourth-order valence-electron chi connectivity index (χ4n) is 3.91. The second kappa shape index (κ2) is 8.71. The van der Waals surface area contributed by atoms with Crippen LogP contribution in [0, 0.1) is 11.8 Å². The van der Waals surface area contributed by atoms with Crippen LogP contribution in [-0.4, -0.2) is 42.8 Å². The van der Waals surface area contributed by atoms with E-state index in [4.69, 9.17) is 4.42 Å². The number of benzene rings is 1. The minimum Gasteiger partial charge on any atom is -0.408 e. The van der Waals surface area contributed by atoms with Gasteiger partial charge < -0.3 is 9.73 Å². The van der Waals surface area contributed by atoms with Gasteiger partial charge in [-0.05, 0) is 36.8 Å². The van der Waals surface area contributed by atoms with Crippen molar-refractivity contribution in [1.29, 1.82) is 0 Å². The van der Waals surface area contributed by atoms with Crippen LogP contribution in [0.2, 0.25) is 0 Å². The molecule has 0 radical (unpaired) electrons. The maximum absolute atomic E-state index is 13.1. The van der Waals surface area contributed by atoms with Gasteiger partial charge in [0.05, 0.1) is 10.4 Å². The lowest BCUT2D eigenvalue weighted by atomic mass is 9.94. The van der Waals surface area contributed by atoms with Crippen LogP contribution in [0.25, 0.3) is 11.1 Å². The molecule has 1 aliphatic heterocycles. The second-order valence-corrected chi connectivity index (χ2v) is 9.99. The molecule has 1 amide bonds. The molecular weight excluding hydrogens is 394 g/mol. The van der Waals surface area contributed by atoms with Crippen molar-refractivity contribution in [3.63, 3.8) is 0 Å². The van der Waals surface area contributed by atoms with Gasteiger partial charge in [-0.15, -0.1) is 0 Å². The molecule has 1 aromatic heterocycles. The molecule has 1 aromatic carbocycles. The van der Waals surface area contributed by atoms with Gasteiger partial charge in [-0.1, -0.05) is 27.2 Å². The monoisotopic (exact) mass is 423 g/mol. The lowest BCUT2D eigenvalue weighted by Gasteiger charge is -2.34. The molecule has 0 spiro atoms. The molecule has 0 unspecified atom stereocenters. The highest BCUT2D eigenvalue weighted by Crippen LogP contribution is 2.28. The van der Waals surface area contributed by atoms with Crippen molar-refractivity contribution in [1.82, 2.24) is 14.2 Å². The van der Waals surface area contributed by atoms with Crippen molar-refractivity contribution < 1.29 is 17.6 Å². The molecule has 3 rings (SSSR count). The van der Waals surface area contributed by atoms with Gasteiger partial charge in [0.15, 0.2) is 5.58 Å². The van der Waals surface area contributed by atoms with Gasteiger partial charge in [0.2, 0.25) is 15.9 Å². The Morgan fingerprint density at radius 3 is 2.59 bits per heavy atom. The molecule has 29 heavy (non-hydrogen) atoms. The first-order chi connectivity index (χ1) is 13.7. The molecule has 1 aliphatic rings. The van der Waals surface area contributed by atoms with Crippen LogP contribution in [0.3, 0.4) is 0 Å². The standard InChI is InChI=1S/C20H29N3O5S/c1-4-5-8-21-19(24)13-23-17-7-6-16(10-18(17)28-20(23)25)29(26,27)22-11-14(2)9-15(3)12-22/h6-7,10,14-15H,4-5,8-9,11-13H2,1-3H3,(H,21,24)/t14-,15+. The molecule has 2 atom stereocenters. The van der Waals surface area contributed by atoms with Crippen molar-refractivity contribution >= 4 is 27.0 Å². The summed E-state index contributed by atoms with van der Waals surface area (Å²) in [6, 6.07) is 4.38. The van der Waals surface area contributed by atoms with Crippen molar-refractivity contribution in [2.24, 2.45) is 11.8 Å². The predicted molar refractivity (Wildman–Crippen MR) is 110 cm³/mol. The zero-order valence-corrected chi connectivity index (χ0v) is 18.0. The molecule has 8 nitrogen and oxygen atoms in total. The Labute approximate surface area is 170 Å². The fraction of sp³-hybridized carbons (Fsp3) is 0.600. The predicted octanol–water partition coefficient (Wildman–Crippen LogP) is 2.18. The molecule has 160 valence electrons. The number of sulfonamides is 1. The summed E-state index contributed by atoms with van der Waals surface area (Å²) in [6.07, 6.45) is 2.82. The summed E-state index contributed by atoms with van der Waals surface area (Å²) in [7, 11) is -3.68. The van der Waals surface area contributed by atoms with Crippen LogP contribution < -0.4 is 11.1 Å². The summed E-state index contributed by atoms with van der Waals surface area (Å²) in [5.74, 6) is -0.373. The highest BCUT2D eigenvalue weighted by Gasteiger charge is 2.32. The van der Waals surface area contributed by atoms with Crippen LogP contribution >= 0.6 is 0 Å². The van der Waals surface area contributed by atoms with Crippen LogP contribution in [0.1, 0.15) is 40.0 Å². The third kappa shape index (κ3) is 4.72. The maximum atomic E-state index is 13.1. The van der Waals surface area contributed by atoms with E-state index in [9.17, 15) is 18.0 Å². The van der Waals surface area contributed by atoms with E-state index in [0.29, 0.717) is 37.0 Å². The quantitative estimate of drug-likeness (QED) is 0.688. The number of nitrogens with one attached hydrogen (secondary N) is 1. The molecule has 9 heteroatoms. The Bertz CT molecular complexity index is 1030. The molecule has 1 fully saturated rings. The topological polar surface area (TPSA) is 102 Å². The molecule has 1 saturated heterocycles. The highest BCUT2D eigenvalue weighted by molar-refractivity contribution is 7.89. The highest BCUT2D eigenvalue weighted by atomic mass is 32.2. The van der Waals surface area contributed by atoms with Gasteiger partial charge in [-0.25, -0.2) is 13.2 Å². The SMILES string of the molecule is CCCCNC(=O)Cn1c(=O)oc2cc(S(=O)(=O)N3C[C@H](C)C[C@H](C)C3)ccc21. The molecule has 0 bridgehead atoms. The van der Waals surface area contributed by atoms with Crippen molar-refractivity contribution in [3.8, 4) is 0 Å². The number of hydrogen-bond donors (Lipinski definition) is 1. The van der Waals surface area contributed by atoms with Gasteiger partial charge in [0, 0.05) is 25.7 Å². The summed E-state index contributed by atoms with van der Waals surface area (Å²) in [6.45, 7) is 7.47. The third-order valence-corrected chi connectivity index (χ3v) is 7.09. The Hall–Kier alpha value is -2.13. The number of rotatable bonds is 7. The first-order valence-electron chi connectivity index (χ1n) is 10.1. The summed E-state index contributed by atoms with van der Waals surface area (Å²) < 4.78 is 34.1. The van der Waals surface area contributed by atoms with Gasteiger partial charge in [0.25, 0.3) is 0 Å². The molecular formula is C20H29N3O5S. The summed E-state index contributed by atoms with van der Waals surface area (Å²) in [4.78, 5) is 24.4. The van der Waals surface area contributed by atoms with Crippen molar-refractivity contribution in [2.75, 3.05) is 19.6 Å². The largest absolute Gasteiger partial charge is 0.420 e. The van der Waals surface area contributed by atoms with Gasteiger partial charge >= 0.3 is 5.76 Å². The first kappa shape index (κ1) is 21.6. The summed E-state index contributed by atoms with van der Waals surface area (Å²) >= 11 is 0. The average molecular weight is 424 g/mol. The van der Waals surface area contributed by atoms with E-state index in [0.717, 1.165) is 19.3 Å². The summed E-state index contributed by atoms with van der Waals surface area (Å²) in [5.41, 5.74) is 0.565. The number of amides is 1. The minimum atomic E-state index is -3.68. The van der Waals surface area contributed by atoms with E-state index in [1.807, 2.05) is 20.8 Å². The number of fused-ring (bicyclic) bond motifs is 1. The van der Waals surface area contributed by atoms with Gasteiger partial charge in [-0.2, -0.15) is 4.31 Å². The van der Waals surface area contributed by atoms with Crippen LogP contribution in [0.5, 0.6) is 0 Å². The Balaban J connectivity index is 1.86. The minimum absolute atomic E-state index is 0.0968. The van der Waals surface area contributed by atoms with Gasteiger partial charge in [0.1, 0.15) is 6.54 Å². The number of carbonyl (C=O) groups is 1. The normalized spacial score (nSPS) is 20.8. The maximum Gasteiger partial charge on any atom is 0.420 e. The fourth-order valence-corrected chi connectivity index (χ4v) is 5.61. The zero-order valence-electron chi connectivity index (χ0n) is 17.2.